The Morgan fingerprint density at radius 3 is 2.50 bits per heavy atom. The molecule has 0 aliphatic rings. The van der Waals surface area contributed by atoms with Crippen molar-refractivity contribution in [1.82, 2.24) is 4.98 Å². The molecular formula is C18H17BrN2S. The number of halogens is 1. The molecule has 0 unspecified atom stereocenters. The number of aromatic nitrogens is 1. The van der Waals surface area contributed by atoms with Crippen molar-refractivity contribution in [2.75, 3.05) is 11.9 Å². The third-order valence-electron chi connectivity index (χ3n) is 3.45. The molecular weight excluding hydrogens is 356 g/mol. The van der Waals surface area contributed by atoms with Gasteiger partial charge >= 0.3 is 0 Å². The van der Waals surface area contributed by atoms with Gasteiger partial charge in [-0.25, -0.2) is 4.98 Å². The predicted molar refractivity (Wildman–Crippen MR) is 98.6 cm³/mol. The standard InChI is InChI=1S/C18H17BrN2S/c1-13-17(15-5-3-2-4-6-15)21-18(22-13)20-12-11-14-7-9-16(19)10-8-14/h2-10H,11-12H2,1H3,(H,20,21). The van der Waals surface area contributed by atoms with Crippen LogP contribution in [0, 0.1) is 6.92 Å². The van der Waals surface area contributed by atoms with E-state index in [0.29, 0.717) is 0 Å². The molecule has 1 aromatic heterocycles. The van der Waals surface area contributed by atoms with Crippen molar-refractivity contribution in [2.24, 2.45) is 0 Å². The number of nitrogens with one attached hydrogen (secondary N) is 1. The second-order valence-electron chi connectivity index (χ2n) is 5.09. The predicted octanol–water partition coefficient (Wildman–Crippen LogP) is 5.54. The molecule has 1 N–H and O–H groups in total. The van der Waals surface area contributed by atoms with Gasteiger partial charge in [-0.1, -0.05) is 58.4 Å². The highest BCUT2D eigenvalue weighted by molar-refractivity contribution is 9.10. The average Bonchev–Trinajstić information content (AvgIpc) is 2.91. The van der Waals surface area contributed by atoms with Crippen molar-refractivity contribution in [1.29, 1.82) is 0 Å². The van der Waals surface area contributed by atoms with Gasteiger partial charge in [-0.2, -0.15) is 0 Å². The van der Waals surface area contributed by atoms with Crippen LogP contribution in [0.1, 0.15) is 10.4 Å². The van der Waals surface area contributed by atoms with Crippen molar-refractivity contribution in [3.05, 3.63) is 69.5 Å². The fourth-order valence-electron chi connectivity index (χ4n) is 2.30. The molecule has 3 rings (SSSR count). The van der Waals surface area contributed by atoms with Crippen molar-refractivity contribution < 1.29 is 0 Å². The SMILES string of the molecule is Cc1sc(NCCc2ccc(Br)cc2)nc1-c1ccccc1. The number of nitrogens with zero attached hydrogens (tertiary/aromatic N) is 1. The van der Waals surface area contributed by atoms with Crippen LogP contribution in [-0.2, 0) is 6.42 Å². The zero-order chi connectivity index (χ0) is 15.4. The van der Waals surface area contributed by atoms with E-state index in [1.165, 1.54) is 16.0 Å². The molecule has 0 saturated carbocycles. The summed E-state index contributed by atoms with van der Waals surface area (Å²) in [5, 5.41) is 4.43. The minimum Gasteiger partial charge on any atom is -0.361 e. The van der Waals surface area contributed by atoms with Crippen LogP contribution in [0.5, 0.6) is 0 Å². The van der Waals surface area contributed by atoms with Crippen molar-refractivity contribution in [3.63, 3.8) is 0 Å². The highest BCUT2D eigenvalue weighted by atomic mass is 79.9. The van der Waals surface area contributed by atoms with Gasteiger partial charge in [0, 0.05) is 21.5 Å². The number of aryl methyl sites for hydroxylation is 1. The Morgan fingerprint density at radius 1 is 1.05 bits per heavy atom. The highest BCUT2D eigenvalue weighted by Gasteiger charge is 2.08. The minimum atomic E-state index is 0.892. The van der Waals surface area contributed by atoms with Gasteiger partial charge in [0.25, 0.3) is 0 Å². The average molecular weight is 373 g/mol. The first kappa shape index (κ1) is 15.3. The van der Waals surface area contributed by atoms with Gasteiger partial charge in [-0.15, -0.1) is 11.3 Å². The number of hydrogen-bond donors (Lipinski definition) is 1. The van der Waals surface area contributed by atoms with Crippen LogP contribution in [0.4, 0.5) is 5.13 Å². The Labute approximate surface area is 143 Å². The van der Waals surface area contributed by atoms with Crippen LogP contribution in [0.2, 0.25) is 0 Å². The summed E-state index contributed by atoms with van der Waals surface area (Å²) in [7, 11) is 0. The number of benzene rings is 2. The third-order valence-corrected chi connectivity index (χ3v) is 4.90. The molecule has 0 atom stereocenters. The van der Waals surface area contributed by atoms with E-state index < -0.39 is 0 Å². The van der Waals surface area contributed by atoms with Crippen molar-refractivity contribution in [2.45, 2.75) is 13.3 Å². The van der Waals surface area contributed by atoms with Gasteiger partial charge in [0.15, 0.2) is 5.13 Å². The van der Waals surface area contributed by atoms with E-state index in [1.807, 2.05) is 6.07 Å². The summed E-state index contributed by atoms with van der Waals surface area (Å²) in [6.07, 6.45) is 0.993. The lowest BCUT2D eigenvalue weighted by atomic mass is 10.1. The summed E-state index contributed by atoms with van der Waals surface area (Å²) in [6, 6.07) is 18.8. The second kappa shape index (κ2) is 7.07. The van der Waals surface area contributed by atoms with Gasteiger partial charge < -0.3 is 5.32 Å². The van der Waals surface area contributed by atoms with Crippen molar-refractivity contribution in [3.8, 4) is 11.3 Å². The lowest BCUT2D eigenvalue weighted by Crippen LogP contribution is -2.04. The number of thiazole rings is 1. The van der Waals surface area contributed by atoms with E-state index in [0.717, 1.165) is 28.3 Å². The number of hydrogen-bond acceptors (Lipinski definition) is 3. The molecule has 1 heterocycles. The Hall–Kier alpha value is -1.65. The zero-order valence-electron chi connectivity index (χ0n) is 12.3. The largest absolute Gasteiger partial charge is 0.361 e. The Kier molecular flexibility index (Phi) is 4.90. The van der Waals surface area contributed by atoms with Crippen LogP contribution >= 0.6 is 27.3 Å². The normalized spacial score (nSPS) is 10.6. The fourth-order valence-corrected chi connectivity index (χ4v) is 3.43. The van der Waals surface area contributed by atoms with Gasteiger partial charge in [0.2, 0.25) is 0 Å². The zero-order valence-corrected chi connectivity index (χ0v) is 14.7. The first-order valence-electron chi connectivity index (χ1n) is 7.23. The molecule has 0 fully saturated rings. The maximum atomic E-state index is 4.73. The van der Waals surface area contributed by atoms with E-state index >= 15 is 0 Å². The fraction of sp³-hybridized carbons (Fsp3) is 0.167. The molecule has 22 heavy (non-hydrogen) atoms. The van der Waals surface area contributed by atoms with Crippen LogP contribution in [0.3, 0.4) is 0 Å². The molecule has 112 valence electrons. The maximum Gasteiger partial charge on any atom is 0.183 e. The summed E-state index contributed by atoms with van der Waals surface area (Å²) in [6.45, 7) is 3.02. The summed E-state index contributed by atoms with van der Waals surface area (Å²) in [5.74, 6) is 0. The number of anilines is 1. The van der Waals surface area contributed by atoms with Crippen LogP contribution in [-0.4, -0.2) is 11.5 Å². The molecule has 0 bridgehead atoms. The Morgan fingerprint density at radius 2 is 1.77 bits per heavy atom. The molecule has 0 saturated heterocycles. The molecule has 0 radical (unpaired) electrons. The van der Waals surface area contributed by atoms with Crippen LogP contribution in [0.15, 0.2) is 59.1 Å². The van der Waals surface area contributed by atoms with E-state index in [1.54, 1.807) is 11.3 Å². The topological polar surface area (TPSA) is 24.9 Å². The van der Waals surface area contributed by atoms with Gasteiger partial charge in [0.05, 0.1) is 5.69 Å². The smallest absolute Gasteiger partial charge is 0.183 e. The van der Waals surface area contributed by atoms with Gasteiger partial charge in [0.1, 0.15) is 0 Å². The van der Waals surface area contributed by atoms with Crippen molar-refractivity contribution >= 4 is 32.4 Å². The van der Waals surface area contributed by atoms with Gasteiger partial charge in [-0.05, 0) is 31.0 Å². The highest BCUT2D eigenvalue weighted by Crippen LogP contribution is 2.30. The third kappa shape index (κ3) is 3.76. The Balaban J connectivity index is 1.63. The van der Waals surface area contributed by atoms with E-state index in [-0.39, 0.29) is 0 Å². The van der Waals surface area contributed by atoms with E-state index in [9.17, 15) is 0 Å². The quantitative estimate of drug-likeness (QED) is 0.636. The van der Waals surface area contributed by atoms with Crippen LogP contribution < -0.4 is 5.32 Å². The van der Waals surface area contributed by atoms with E-state index in [2.05, 4.69) is 76.7 Å². The maximum absolute atomic E-state index is 4.73. The van der Waals surface area contributed by atoms with E-state index in [4.69, 9.17) is 4.98 Å². The summed E-state index contributed by atoms with van der Waals surface area (Å²) in [4.78, 5) is 5.97. The lowest BCUT2D eigenvalue weighted by molar-refractivity contribution is 1.01. The Bertz CT molecular complexity index is 736. The summed E-state index contributed by atoms with van der Waals surface area (Å²) < 4.78 is 1.12. The first-order chi connectivity index (χ1) is 10.7. The molecule has 2 aromatic carbocycles. The van der Waals surface area contributed by atoms with Gasteiger partial charge in [-0.3, -0.25) is 0 Å². The monoisotopic (exact) mass is 372 g/mol. The molecule has 4 heteroatoms. The molecule has 3 aromatic rings. The minimum absolute atomic E-state index is 0.892. The molecule has 0 aliphatic carbocycles. The number of rotatable bonds is 5. The second-order valence-corrected chi connectivity index (χ2v) is 7.21. The molecule has 2 nitrogen and oxygen atoms in total. The first-order valence-corrected chi connectivity index (χ1v) is 8.84. The summed E-state index contributed by atoms with van der Waals surface area (Å²) in [5.41, 5.74) is 3.58. The molecule has 0 amide bonds. The van der Waals surface area contributed by atoms with Crippen LogP contribution in [0.25, 0.3) is 11.3 Å². The lowest BCUT2D eigenvalue weighted by Gasteiger charge is -2.03. The molecule has 0 aliphatic heterocycles. The molecule has 0 spiro atoms. The summed E-state index contributed by atoms with van der Waals surface area (Å²) >= 11 is 5.18.